The van der Waals surface area contributed by atoms with Gasteiger partial charge in [-0.3, -0.25) is 4.79 Å². The highest BCUT2D eigenvalue weighted by molar-refractivity contribution is 5.94. The summed E-state index contributed by atoms with van der Waals surface area (Å²) in [6.45, 7) is 6.13. The highest BCUT2D eigenvalue weighted by Crippen LogP contribution is 2.21. The molecule has 0 bridgehead atoms. The average molecular weight is 219 g/mol. The highest BCUT2D eigenvalue weighted by Gasteiger charge is 2.20. The average Bonchev–Trinajstić information content (AvgIpc) is 2.29. The molecule has 16 heavy (non-hydrogen) atoms. The summed E-state index contributed by atoms with van der Waals surface area (Å²) in [4.78, 5) is 22.5. The summed E-state index contributed by atoms with van der Waals surface area (Å²) in [5, 5.41) is 2.73. The largest absolute Gasteiger partial charge is 0.352 e. The first-order valence-corrected chi connectivity index (χ1v) is 5.36. The standard InChI is InChI=1S/C13H17NO2/c1-4-14-12(16)10-6-5-7-11(8-10)13(2,3)9-15/h5-9H,4H2,1-3H3,(H,14,16). The van der Waals surface area contributed by atoms with Gasteiger partial charge in [0.15, 0.2) is 0 Å². The number of carbonyl (C=O) groups is 2. The highest BCUT2D eigenvalue weighted by atomic mass is 16.1. The van der Waals surface area contributed by atoms with Crippen LogP contribution in [0, 0.1) is 0 Å². The smallest absolute Gasteiger partial charge is 0.251 e. The molecule has 1 rings (SSSR count). The summed E-state index contributed by atoms with van der Waals surface area (Å²) in [6.07, 6.45) is 0.893. The number of carbonyl (C=O) groups excluding carboxylic acids is 2. The van der Waals surface area contributed by atoms with Crippen LogP contribution in [-0.4, -0.2) is 18.7 Å². The van der Waals surface area contributed by atoms with E-state index >= 15 is 0 Å². The third kappa shape index (κ3) is 2.69. The van der Waals surface area contributed by atoms with Gasteiger partial charge < -0.3 is 10.1 Å². The molecular weight excluding hydrogens is 202 g/mol. The Morgan fingerprint density at radius 2 is 2.12 bits per heavy atom. The second-order valence-electron chi connectivity index (χ2n) is 4.28. The molecule has 0 unspecified atom stereocenters. The van der Waals surface area contributed by atoms with Gasteiger partial charge in [0.05, 0.1) is 0 Å². The number of hydrogen-bond donors (Lipinski definition) is 1. The normalized spacial score (nSPS) is 10.9. The van der Waals surface area contributed by atoms with Crippen molar-refractivity contribution in [2.24, 2.45) is 0 Å². The van der Waals surface area contributed by atoms with Crippen molar-refractivity contribution in [2.45, 2.75) is 26.2 Å². The molecule has 1 N–H and O–H groups in total. The molecule has 0 spiro atoms. The molecule has 0 aliphatic heterocycles. The van der Waals surface area contributed by atoms with Crippen molar-refractivity contribution in [3.63, 3.8) is 0 Å². The number of nitrogens with one attached hydrogen (secondary N) is 1. The summed E-state index contributed by atoms with van der Waals surface area (Å²) in [7, 11) is 0. The van der Waals surface area contributed by atoms with Crippen molar-refractivity contribution in [3.8, 4) is 0 Å². The fourth-order valence-corrected chi connectivity index (χ4v) is 1.39. The second-order valence-corrected chi connectivity index (χ2v) is 4.28. The van der Waals surface area contributed by atoms with Gasteiger partial charge in [0, 0.05) is 17.5 Å². The third-order valence-corrected chi connectivity index (χ3v) is 2.50. The van der Waals surface area contributed by atoms with Gasteiger partial charge in [0.25, 0.3) is 5.91 Å². The van der Waals surface area contributed by atoms with Crippen LogP contribution in [0.25, 0.3) is 0 Å². The van der Waals surface area contributed by atoms with Crippen LogP contribution in [0.5, 0.6) is 0 Å². The van der Waals surface area contributed by atoms with Gasteiger partial charge in [-0.2, -0.15) is 0 Å². The van der Waals surface area contributed by atoms with Crippen molar-refractivity contribution >= 4 is 12.2 Å². The molecule has 1 amide bonds. The van der Waals surface area contributed by atoms with E-state index in [1.807, 2.05) is 26.8 Å². The fraction of sp³-hybridized carbons (Fsp3) is 0.385. The quantitative estimate of drug-likeness (QED) is 0.786. The van der Waals surface area contributed by atoms with E-state index in [9.17, 15) is 9.59 Å². The van der Waals surface area contributed by atoms with Gasteiger partial charge in [-0.05, 0) is 38.5 Å². The van der Waals surface area contributed by atoms with Gasteiger partial charge in [-0.25, -0.2) is 0 Å². The zero-order valence-electron chi connectivity index (χ0n) is 9.91. The van der Waals surface area contributed by atoms with Crippen molar-refractivity contribution in [3.05, 3.63) is 35.4 Å². The molecular formula is C13H17NO2. The van der Waals surface area contributed by atoms with E-state index in [0.29, 0.717) is 12.1 Å². The molecule has 0 radical (unpaired) electrons. The van der Waals surface area contributed by atoms with Gasteiger partial charge >= 0.3 is 0 Å². The van der Waals surface area contributed by atoms with Crippen LogP contribution in [0.2, 0.25) is 0 Å². The Kier molecular flexibility index (Phi) is 3.82. The van der Waals surface area contributed by atoms with Gasteiger partial charge in [-0.15, -0.1) is 0 Å². The van der Waals surface area contributed by atoms with Crippen LogP contribution in [0.4, 0.5) is 0 Å². The molecule has 0 saturated carbocycles. The Morgan fingerprint density at radius 3 is 2.69 bits per heavy atom. The van der Waals surface area contributed by atoms with Crippen molar-refractivity contribution in [1.29, 1.82) is 0 Å². The first-order valence-electron chi connectivity index (χ1n) is 5.36. The number of rotatable bonds is 4. The molecule has 0 atom stereocenters. The summed E-state index contributed by atoms with van der Waals surface area (Å²) in [5.74, 6) is -0.106. The maximum Gasteiger partial charge on any atom is 0.251 e. The molecule has 86 valence electrons. The van der Waals surface area contributed by atoms with Gasteiger partial charge in [-0.1, -0.05) is 12.1 Å². The number of amides is 1. The minimum atomic E-state index is -0.553. The van der Waals surface area contributed by atoms with Gasteiger partial charge in [0.1, 0.15) is 6.29 Å². The molecule has 3 heteroatoms. The van der Waals surface area contributed by atoms with Crippen LogP contribution in [0.3, 0.4) is 0 Å². The van der Waals surface area contributed by atoms with E-state index in [0.717, 1.165) is 11.8 Å². The topological polar surface area (TPSA) is 46.2 Å². The summed E-state index contributed by atoms with van der Waals surface area (Å²) >= 11 is 0. The lowest BCUT2D eigenvalue weighted by molar-refractivity contribution is -0.111. The molecule has 3 nitrogen and oxygen atoms in total. The van der Waals surface area contributed by atoms with E-state index in [1.165, 1.54) is 0 Å². The van der Waals surface area contributed by atoms with Crippen LogP contribution >= 0.6 is 0 Å². The Labute approximate surface area is 95.9 Å². The van der Waals surface area contributed by atoms with Crippen LogP contribution in [0.1, 0.15) is 36.7 Å². The molecule has 0 fully saturated rings. The van der Waals surface area contributed by atoms with E-state index in [4.69, 9.17) is 0 Å². The van der Waals surface area contributed by atoms with Crippen molar-refractivity contribution in [2.75, 3.05) is 6.54 Å². The maximum atomic E-state index is 11.6. The lowest BCUT2D eigenvalue weighted by Crippen LogP contribution is -2.24. The van der Waals surface area contributed by atoms with Crippen molar-refractivity contribution in [1.82, 2.24) is 5.32 Å². The molecule has 0 aliphatic rings. The molecule has 0 aromatic heterocycles. The van der Waals surface area contributed by atoms with E-state index in [-0.39, 0.29) is 5.91 Å². The zero-order chi connectivity index (χ0) is 12.2. The molecule has 0 saturated heterocycles. The number of benzene rings is 1. The fourth-order valence-electron chi connectivity index (χ4n) is 1.39. The minimum Gasteiger partial charge on any atom is -0.352 e. The van der Waals surface area contributed by atoms with E-state index in [2.05, 4.69) is 5.32 Å². The molecule has 1 aromatic rings. The Hall–Kier alpha value is -1.64. The third-order valence-electron chi connectivity index (χ3n) is 2.50. The summed E-state index contributed by atoms with van der Waals surface area (Å²) < 4.78 is 0. The molecule has 1 aromatic carbocycles. The predicted molar refractivity (Wildman–Crippen MR) is 63.5 cm³/mol. The first-order chi connectivity index (χ1) is 7.51. The Bertz CT molecular complexity index is 397. The number of aldehydes is 1. The lowest BCUT2D eigenvalue weighted by atomic mass is 9.85. The van der Waals surface area contributed by atoms with Gasteiger partial charge in [0.2, 0.25) is 0 Å². The van der Waals surface area contributed by atoms with Crippen LogP contribution < -0.4 is 5.32 Å². The number of hydrogen-bond acceptors (Lipinski definition) is 2. The minimum absolute atomic E-state index is 0.106. The first kappa shape index (κ1) is 12.4. The molecule has 0 heterocycles. The summed E-state index contributed by atoms with van der Waals surface area (Å²) in [5.41, 5.74) is 0.892. The Balaban J connectivity index is 3.04. The molecule has 0 aliphatic carbocycles. The Morgan fingerprint density at radius 1 is 1.44 bits per heavy atom. The van der Waals surface area contributed by atoms with E-state index < -0.39 is 5.41 Å². The SMILES string of the molecule is CCNC(=O)c1cccc(C(C)(C)C=O)c1. The zero-order valence-corrected chi connectivity index (χ0v) is 9.91. The monoisotopic (exact) mass is 219 g/mol. The second kappa shape index (κ2) is 4.92. The van der Waals surface area contributed by atoms with Crippen molar-refractivity contribution < 1.29 is 9.59 Å². The van der Waals surface area contributed by atoms with E-state index in [1.54, 1.807) is 18.2 Å². The summed E-state index contributed by atoms with van der Waals surface area (Å²) in [6, 6.07) is 7.16. The predicted octanol–water partition coefficient (Wildman–Crippen LogP) is 1.91. The maximum absolute atomic E-state index is 11.6. The van der Waals surface area contributed by atoms with Crippen LogP contribution in [-0.2, 0) is 10.2 Å². The van der Waals surface area contributed by atoms with Crippen LogP contribution in [0.15, 0.2) is 24.3 Å². The lowest BCUT2D eigenvalue weighted by Gasteiger charge is -2.17.